The van der Waals surface area contributed by atoms with Crippen molar-refractivity contribution in [2.45, 2.75) is 72.6 Å². The van der Waals surface area contributed by atoms with Crippen LogP contribution in [0, 0.1) is 10.8 Å². The molecule has 1 aliphatic heterocycles. The first-order valence-corrected chi connectivity index (χ1v) is 15.7. The number of allylic oxidation sites excluding steroid dienone is 4. The van der Waals surface area contributed by atoms with Gasteiger partial charge in [0.05, 0.1) is 0 Å². The van der Waals surface area contributed by atoms with E-state index < -0.39 is 5.92 Å². The lowest BCUT2D eigenvalue weighted by atomic mass is 9.63. The Bertz CT molecular complexity index is 1450. The molecule has 0 bridgehead atoms. The SMILES string of the molecule is CCCN1C2=C(C(=O)CC(C)(C)C2)C(c2cc(Br)ccc2OCC(=O)Nc2ccc(Cl)cc2)C2=C1CC(C)(C)CC2=O. The minimum atomic E-state index is -0.554. The number of hydrogen-bond donors (Lipinski definition) is 1. The highest BCUT2D eigenvalue weighted by atomic mass is 79.9. The Morgan fingerprint density at radius 2 is 1.52 bits per heavy atom. The molecule has 1 amide bonds. The number of rotatable bonds is 7. The maximum Gasteiger partial charge on any atom is 0.262 e. The molecule has 0 fully saturated rings. The lowest BCUT2D eigenvalue weighted by Gasteiger charge is -2.49. The van der Waals surface area contributed by atoms with E-state index in [2.05, 4.69) is 60.8 Å². The van der Waals surface area contributed by atoms with E-state index in [4.69, 9.17) is 16.3 Å². The Labute approximate surface area is 261 Å². The number of benzene rings is 2. The molecule has 42 heavy (non-hydrogen) atoms. The average molecular weight is 654 g/mol. The van der Waals surface area contributed by atoms with Crippen LogP contribution in [0.3, 0.4) is 0 Å². The zero-order valence-corrected chi connectivity index (χ0v) is 27.2. The molecule has 1 N–H and O–H groups in total. The molecule has 0 atom stereocenters. The molecule has 1 heterocycles. The monoisotopic (exact) mass is 652 g/mol. The first-order chi connectivity index (χ1) is 19.8. The van der Waals surface area contributed by atoms with Crippen LogP contribution in [0.5, 0.6) is 5.75 Å². The number of hydrogen-bond acceptors (Lipinski definition) is 5. The summed E-state index contributed by atoms with van der Waals surface area (Å²) in [4.78, 5) is 43.2. The topological polar surface area (TPSA) is 75.7 Å². The second-order valence-electron chi connectivity index (χ2n) is 13.2. The summed E-state index contributed by atoms with van der Waals surface area (Å²) in [7, 11) is 0. The van der Waals surface area contributed by atoms with Gasteiger partial charge in [-0.2, -0.15) is 0 Å². The lowest BCUT2D eigenvalue weighted by molar-refractivity contribution is -0.120. The lowest BCUT2D eigenvalue weighted by Crippen LogP contribution is -2.44. The minimum absolute atomic E-state index is 0.0722. The molecule has 2 aromatic rings. The number of nitrogens with one attached hydrogen (secondary N) is 1. The van der Waals surface area contributed by atoms with E-state index in [1.807, 2.05) is 18.2 Å². The van der Waals surface area contributed by atoms with Gasteiger partial charge in [-0.25, -0.2) is 0 Å². The number of amides is 1. The minimum Gasteiger partial charge on any atom is -0.483 e. The number of anilines is 1. The molecule has 0 radical (unpaired) electrons. The van der Waals surface area contributed by atoms with Gasteiger partial charge in [-0.15, -0.1) is 0 Å². The number of nitrogens with zero attached hydrogens (tertiary/aromatic N) is 1. The van der Waals surface area contributed by atoms with Crippen LogP contribution < -0.4 is 10.1 Å². The number of ketones is 2. The second-order valence-corrected chi connectivity index (χ2v) is 14.6. The van der Waals surface area contributed by atoms with Gasteiger partial charge >= 0.3 is 0 Å². The summed E-state index contributed by atoms with van der Waals surface area (Å²) in [6, 6.07) is 12.5. The van der Waals surface area contributed by atoms with Crippen LogP contribution in [0.1, 0.15) is 78.2 Å². The van der Waals surface area contributed by atoms with Crippen molar-refractivity contribution in [3.63, 3.8) is 0 Å². The van der Waals surface area contributed by atoms with Gasteiger partial charge in [-0.3, -0.25) is 14.4 Å². The molecular formula is C34H38BrClN2O4. The Morgan fingerprint density at radius 1 is 0.952 bits per heavy atom. The highest BCUT2D eigenvalue weighted by molar-refractivity contribution is 9.10. The van der Waals surface area contributed by atoms with Gasteiger partial charge in [0.15, 0.2) is 18.2 Å². The van der Waals surface area contributed by atoms with Gasteiger partial charge < -0.3 is 15.0 Å². The van der Waals surface area contributed by atoms with Crippen molar-refractivity contribution in [1.29, 1.82) is 0 Å². The van der Waals surface area contributed by atoms with Crippen LogP contribution >= 0.6 is 27.5 Å². The molecule has 0 saturated carbocycles. The van der Waals surface area contributed by atoms with Crippen LogP contribution in [0.4, 0.5) is 5.69 Å². The molecule has 222 valence electrons. The molecule has 8 heteroatoms. The quantitative estimate of drug-likeness (QED) is 0.326. The summed E-state index contributed by atoms with van der Waals surface area (Å²) >= 11 is 9.58. The number of ether oxygens (including phenoxy) is 1. The fraction of sp³-hybridized carbons (Fsp3) is 0.441. The van der Waals surface area contributed by atoms with Crippen LogP contribution in [0.15, 0.2) is 69.5 Å². The predicted molar refractivity (Wildman–Crippen MR) is 170 cm³/mol. The van der Waals surface area contributed by atoms with Crippen molar-refractivity contribution >= 4 is 50.7 Å². The molecule has 0 aromatic heterocycles. The summed E-state index contributed by atoms with van der Waals surface area (Å²) in [5, 5.41) is 3.41. The van der Waals surface area contributed by atoms with E-state index >= 15 is 0 Å². The third kappa shape index (κ3) is 6.23. The molecule has 5 rings (SSSR count). The van der Waals surface area contributed by atoms with Crippen molar-refractivity contribution in [3.8, 4) is 5.75 Å². The summed E-state index contributed by atoms with van der Waals surface area (Å²) in [5.41, 5.74) is 4.41. The molecule has 6 nitrogen and oxygen atoms in total. The molecular weight excluding hydrogens is 616 g/mol. The Balaban J connectivity index is 1.60. The molecule has 0 unspecified atom stereocenters. The largest absolute Gasteiger partial charge is 0.483 e. The highest BCUT2D eigenvalue weighted by Gasteiger charge is 2.49. The molecule has 0 spiro atoms. The van der Waals surface area contributed by atoms with Gasteiger partial charge in [-0.05, 0) is 72.6 Å². The molecule has 0 saturated heterocycles. The predicted octanol–water partition coefficient (Wildman–Crippen LogP) is 8.22. The highest BCUT2D eigenvalue weighted by Crippen LogP contribution is 2.55. The van der Waals surface area contributed by atoms with Gasteiger partial charge in [-0.1, -0.05) is 62.1 Å². The number of Topliss-reactive ketones (excluding diaryl/α,β-unsaturated/α-hetero) is 2. The van der Waals surface area contributed by atoms with E-state index in [1.54, 1.807) is 24.3 Å². The zero-order valence-electron chi connectivity index (χ0n) is 24.9. The van der Waals surface area contributed by atoms with Crippen molar-refractivity contribution in [1.82, 2.24) is 4.90 Å². The summed E-state index contributed by atoms with van der Waals surface area (Å²) in [6.07, 6.45) is 3.24. The second kappa shape index (κ2) is 11.6. The normalized spacial score (nSPS) is 19.9. The van der Waals surface area contributed by atoms with Gasteiger partial charge in [0.25, 0.3) is 5.91 Å². The number of halogens is 2. The summed E-state index contributed by atoms with van der Waals surface area (Å²) in [5.74, 6) is -0.255. The Hall–Kier alpha value is -2.90. The fourth-order valence-electron chi connectivity index (χ4n) is 6.60. The van der Waals surface area contributed by atoms with Crippen LogP contribution in [0.2, 0.25) is 5.02 Å². The Kier molecular flexibility index (Phi) is 8.47. The maximum atomic E-state index is 14.0. The van der Waals surface area contributed by atoms with Crippen molar-refractivity contribution in [2.24, 2.45) is 10.8 Å². The first-order valence-electron chi connectivity index (χ1n) is 14.6. The van der Waals surface area contributed by atoms with Gasteiger partial charge in [0, 0.05) is 68.6 Å². The first kappa shape index (κ1) is 30.6. The zero-order chi connectivity index (χ0) is 30.4. The van der Waals surface area contributed by atoms with E-state index in [0.717, 1.165) is 47.2 Å². The molecule has 2 aromatic carbocycles. The molecule has 3 aliphatic rings. The molecule has 2 aliphatic carbocycles. The van der Waals surface area contributed by atoms with E-state index in [0.29, 0.717) is 40.4 Å². The summed E-state index contributed by atoms with van der Waals surface area (Å²) < 4.78 is 6.96. The maximum absolute atomic E-state index is 14.0. The van der Waals surface area contributed by atoms with Gasteiger partial charge in [0.1, 0.15) is 5.75 Å². The number of carbonyl (C=O) groups excluding carboxylic acids is 3. The van der Waals surface area contributed by atoms with Crippen LogP contribution in [-0.2, 0) is 14.4 Å². The van der Waals surface area contributed by atoms with Gasteiger partial charge in [0.2, 0.25) is 0 Å². The average Bonchev–Trinajstić information content (AvgIpc) is 2.88. The van der Waals surface area contributed by atoms with Crippen molar-refractivity contribution < 1.29 is 19.1 Å². The fourth-order valence-corrected chi connectivity index (χ4v) is 7.11. The number of carbonyl (C=O) groups is 3. The van der Waals surface area contributed by atoms with E-state index in [1.165, 1.54) is 0 Å². The van der Waals surface area contributed by atoms with Crippen molar-refractivity contribution in [3.05, 3.63) is 80.1 Å². The third-order valence-electron chi connectivity index (χ3n) is 8.24. The van der Waals surface area contributed by atoms with Crippen LogP contribution in [-0.4, -0.2) is 35.5 Å². The van der Waals surface area contributed by atoms with Crippen LogP contribution in [0.25, 0.3) is 0 Å². The Morgan fingerprint density at radius 3 is 2.07 bits per heavy atom. The van der Waals surface area contributed by atoms with E-state index in [-0.39, 0.29) is 34.9 Å². The van der Waals surface area contributed by atoms with E-state index in [9.17, 15) is 14.4 Å². The third-order valence-corrected chi connectivity index (χ3v) is 8.98. The van der Waals surface area contributed by atoms with Crippen molar-refractivity contribution in [2.75, 3.05) is 18.5 Å². The standard InChI is InChI=1S/C34H38BrClN2O4/c1-6-13-38-24-15-33(2,3)17-26(39)31(24)30(32-25(38)16-34(4,5)18-27(32)40)23-14-20(35)7-12-28(23)42-19-29(41)37-22-10-8-21(36)9-11-22/h7-12,14,30H,6,13,15-19H2,1-5H3,(H,37,41). The summed E-state index contributed by atoms with van der Waals surface area (Å²) in [6.45, 7) is 11.2. The smallest absolute Gasteiger partial charge is 0.262 e.